The molecule has 0 spiro atoms. The number of benzene rings is 1. The van der Waals surface area contributed by atoms with Gasteiger partial charge in [-0.05, 0) is 12.1 Å². The number of hydrogen-bond donors (Lipinski definition) is 1. The number of carbonyl (C=O) groups is 1. The maximum absolute atomic E-state index is 12.2. The van der Waals surface area contributed by atoms with Gasteiger partial charge < -0.3 is 9.66 Å². The molecule has 0 radical (unpaired) electrons. The Morgan fingerprint density at radius 3 is 2.00 bits per heavy atom. The smallest absolute Gasteiger partial charge is 0.485 e. The molecule has 0 saturated carbocycles. The quantitative estimate of drug-likeness (QED) is 0.378. The summed E-state index contributed by atoms with van der Waals surface area (Å²) in [5.41, 5.74) is -4.72. The van der Waals surface area contributed by atoms with Gasteiger partial charge in [0.25, 0.3) is 0 Å². The SMILES string of the molecule is CN(CC(=O)O)S(=O)(=O)c1ccc([N+](C)(C)C)c(C#N)c1.O=S(=O)([O-])C(F)(F)F. The summed E-state index contributed by atoms with van der Waals surface area (Å²) in [6.07, 6.45) is 0. The van der Waals surface area contributed by atoms with Gasteiger partial charge in [-0.15, -0.1) is 0 Å². The molecule has 0 aliphatic rings. The molecule has 0 unspecified atom stereocenters. The van der Waals surface area contributed by atoms with Crippen molar-refractivity contribution in [1.82, 2.24) is 8.79 Å². The van der Waals surface area contributed by atoms with Gasteiger partial charge in [0.05, 0.1) is 26.0 Å². The summed E-state index contributed by atoms with van der Waals surface area (Å²) in [4.78, 5) is 10.5. The Morgan fingerprint density at radius 2 is 1.69 bits per heavy atom. The van der Waals surface area contributed by atoms with Crippen LogP contribution < -0.4 is 4.48 Å². The van der Waals surface area contributed by atoms with E-state index in [4.69, 9.17) is 18.1 Å². The van der Waals surface area contributed by atoms with Crippen LogP contribution in [-0.4, -0.2) is 77.0 Å². The molecule has 164 valence electrons. The number of rotatable bonds is 5. The van der Waals surface area contributed by atoms with E-state index in [1.54, 1.807) is 6.07 Å². The van der Waals surface area contributed by atoms with Crippen LogP contribution in [0, 0.1) is 11.3 Å². The zero-order valence-corrected chi connectivity index (χ0v) is 17.3. The highest BCUT2D eigenvalue weighted by molar-refractivity contribution is 7.89. The maximum atomic E-state index is 12.2. The van der Waals surface area contributed by atoms with Crippen LogP contribution in [0.3, 0.4) is 0 Å². The van der Waals surface area contributed by atoms with E-state index in [2.05, 4.69) is 0 Å². The van der Waals surface area contributed by atoms with Gasteiger partial charge in [0.2, 0.25) is 10.0 Å². The van der Waals surface area contributed by atoms with Crippen molar-refractivity contribution >= 4 is 31.8 Å². The molecular weight excluding hydrogens is 443 g/mol. The van der Waals surface area contributed by atoms with Gasteiger partial charge in [0.15, 0.2) is 10.1 Å². The predicted octanol–water partition coefficient (Wildman–Crippen LogP) is 0.511. The number of sulfonamides is 1. The minimum absolute atomic E-state index is 0.0972. The number of nitrogens with zero attached hydrogens (tertiary/aromatic N) is 3. The molecule has 0 amide bonds. The first-order valence-electron chi connectivity index (χ1n) is 7.31. The third-order valence-corrected chi connectivity index (χ3v) is 5.53. The molecule has 1 aromatic rings. The van der Waals surface area contributed by atoms with Crippen LogP contribution in [0.25, 0.3) is 0 Å². The molecule has 1 aromatic carbocycles. The van der Waals surface area contributed by atoms with Gasteiger partial charge in [0.1, 0.15) is 23.9 Å². The van der Waals surface area contributed by atoms with E-state index in [0.29, 0.717) is 10.2 Å². The Kier molecular flexibility index (Phi) is 8.35. The molecule has 1 N–H and O–H groups in total. The summed E-state index contributed by atoms with van der Waals surface area (Å²) in [5, 5.41) is 17.9. The number of quaternary nitrogens is 1. The van der Waals surface area contributed by atoms with Gasteiger partial charge in [-0.25, -0.2) is 16.8 Å². The third-order valence-electron chi connectivity index (χ3n) is 3.16. The van der Waals surface area contributed by atoms with E-state index in [9.17, 15) is 31.6 Å². The zero-order valence-electron chi connectivity index (χ0n) is 15.6. The van der Waals surface area contributed by atoms with Crippen molar-refractivity contribution in [3.8, 4) is 6.07 Å². The lowest BCUT2D eigenvalue weighted by atomic mass is 10.1. The van der Waals surface area contributed by atoms with Crippen LogP contribution in [0.2, 0.25) is 0 Å². The van der Waals surface area contributed by atoms with Crippen molar-refractivity contribution in [1.29, 1.82) is 5.26 Å². The summed E-state index contributed by atoms with van der Waals surface area (Å²) >= 11 is 0. The molecule has 0 heterocycles. The van der Waals surface area contributed by atoms with Crippen molar-refractivity contribution in [2.24, 2.45) is 0 Å². The Balaban J connectivity index is 0.000000828. The first-order chi connectivity index (χ1) is 12.7. The minimum Gasteiger partial charge on any atom is -0.741 e. The molecule has 10 nitrogen and oxygen atoms in total. The molecule has 29 heavy (non-hydrogen) atoms. The van der Waals surface area contributed by atoms with Crippen LogP contribution >= 0.6 is 0 Å². The number of carboxylic acids is 1. The highest BCUT2D eigenvalue weighted by Crippen LogP contribution is 2.26. The van der Waals surface area contributed by atoms with E-state index >= 15 is 0 Å². The lowest BCUT2D eigenvalue weighted by molar-refractivity contribution is -0.137. The van der Waals surface area contributed by atoms with E-state index < -0.39 is 38.2 Å². The van der Waals surface area contributed by atoms with E-state index in [1.165, 1.54) is 19.2 Å². The monoisotopic (exact) mass is 461 g/mol. The average molecular weight is 461 g/mol. The summed E-state index contributed by atoms with van der Waals surface area (Å²) in [7, 11) is -3.25. The molecule has 0 atom stereocenters. The first-order valence-corrected chi connectivity index (χ1v) is 10.2. The minimum atomic E-state index is -6.09. The largest absolute Gasteiger partial charge is 0.741 e. The van der Waals surface area contributed by atoms with Gasteiger partial charge >= 0.3 is 11.5 Å². The second-order valence-corrected chi connectivity index (χ2v) is 9.77. The summed E-state index contributed by atoms with van der Waals surface area (Å²) in [5.74, 6) is -1.25. The summed E-state index contributed by atoms with van der Waals surface area (Å²) < 4.78 is 84.5. The molecule has 0 bridgehead atoms. The van der Waals surface area contributed by atoms with Crippen molar-refractivity contribution < 1.29 is 44.5 Å². The predicted molar refractivity (Wildman–Crippen MR) is 93.9 cm³/mol. The topological polar surface area (TPSA) is 156 Å². The molecule has 0 fully saturated rings. The van der Waals surface area contributed by atoms with Gasteiger partial charge in [-0.3, -0.25) is 9.28 Å². The second-order valence-electron chi connectivity index (χ2n) is 6.36. The Bertz CT molecular complexity index is 1010. The van der Waals surface area contributed by atoms with Crippen LogP contribution in [0.4, 0.5) is 18.9 Å². The molecule has 0 saturated heterocycles. The van der Waals surface area contributed by atoms with E-state index in [-0.39, 0.29) is 10.5 Å². The van der Waals surface area contributed by atoms with Crippen molar-refractivity contribution in [2.75, 3.05) is 34.7 Å². The molecule has 1 rings (SSSR count). The fraction of sp³-hybridized carbons (Fsp3) is 0.429. The number of hydrogen-bond acceptors (Lipinski definition) is 7. The second kappa shape index (κ2) is 9.05. The fourth-order valence-corrected chi connectivity index (χ4v) is 2.95. The number of aliphatic carboxylic acids is 1. The lowest BCUT2D eigenvalue weighted by Gasteiger charge is -2.25. The molecule has 0 aliphatic heterocycles. The van der Waals surface area contributed by atoms with Crippen LogP contribution in [-0.2, 0) is 24.9 Å². The van der Waals surface area contributed by atoms with Gasteiger partial charge in [-0.2, -0.15) is 22.7 Å². The summed E-state index contributed by atoms with van der Waals surface area (Å²) in [6.45, 7) is -0.638. The zero-order chi connectivity index (χ0) is 23.4. The number of nitriles is 1. The van der Waals surface area contributed by atoms with Crippen LogP contribution in [0.15, 0.2) is 23.1 Å². The third kappa shape index (κ3) is 7.59. The maximum Gasteiger partial charge on any atom is 0.485 e. The molecular formula is C14H18F3N3O7S2. The average Bonchev–Trinajstić information content (AvgIpc) is 2.51. The molecule has 0 aliphatic carbocycles. The normalized spacial score (nSPS) is 12.7. The van der Waals surface area contributed by atoms with Gasteiger partial charge in [0, 0.05) is 13.1 Å². The first kappa shape index (κ1) is 26.8. The molecule has 15 heteroatoms. The Hall–Kier alpha value is -2.25. The number of alkyl halides is 3. The lowest BCUT2D eigenvalue weighted by Crippen LogP contribution is -2.36. The Morgan fingerprint density at radius 1 is 1.24 bits per heavy atom. The standard InChI is InChI=1S/C13H17N3O4S.CHF3O3S/c1-15(9-13(17)18)21(19,20)11-5-6-12(16(2,3)4)10(7-11)8-14;2-1(3,4)8(5,6)7/h5-7H,9H2,1-4H3;(H,5,6,7). The highest BCUT2D eigenvalue weighted by Gasteiger charge is 2.37. The summed E-state index contributed by atoms with van der Waals surface area (Å²) in [6, 6.07) is 6.20. The van der Waals surface area contributed by atoms with Crippen molar-refractivity contribution in [3.63, 3.8) is 0 Å². The van der Waals surface area contributed by atoms with E-state index in [1.807, 2.05) is 27.2 Å². The van der Waals surface area contributed by atoms with Crippen molar-refractivity contribution in [3.05, 3.63) is 23.8 Å². The number of halogens is 3. The highest BCUT2D eigenvalue weighted by atomic mass is 32.2. The van der Waals surface area contributed by atoms with Gasteiger partial charge in [-0.1, -0.05) is 0 Å². The fourth-order valence-electron chi connectivity index (χ4n) is 1.81. The Labute approximate surface area is 165 Å². The van der Waals surface area contributed by atoms with Crippen molar-refractivity contribution in [2.45, 2.75) is 10.4 Å². The number of carboxylic acid groups (broad SMARTS) is 1. The van der Waals surface area contributed by atoms with Crippen LogP contribution in [0.1, 0.15) is 5.56 Å². The number of likely N-dealkylation sites (N-methyl/N-ethyl adjacent to an activating group) is 1. The van der Waals surface area contributed by atoms with E-state index in [0.717, 1.165) is 4.31 Å². The molecule has 0 aromatic heterocycles. The van der Waals surface area contributed by atoms with Crippen LogP contribution in [0.5, 0.6) is 0 Å².